The Bertz CT molecular complexity index is 1270. The predicted octanol–water partition coefficient (Wildman–Crippen LogP) is 19.5. The number of unbranched alkanes of at least 4 members (excludes halogenated alkanes) is 54. The number of rotatable bonds is 64. The summed E-state index contributed by atoms with van der Waals surface area (Å²) in [4.78, 5) is 13.1. The van der Waals surface area contributed by atoms with Crippen LogP contribution in [0.3, 0.4) is 0 Å². The second-order valence-corrected chi connectivity index (χ2v) is 25.4. The van der Waals surface area contributed by atoms with E-state index in [4.69, 9.17) is 9.47 Å². The van der Waals surface area contributed by atoms with Crippen molar-refractivity contribution in [2.24, 2.45) is 0 Å². The number of hydrogen-bond donors (Lipinski definition) is 6. The van der Waals surface area contributed by atoms with Crippen molar-refractivity contribution in [3.8, 4) is 0 Å². The minimum Gasteiger partial charge on any atom is -0.394 e. The van der Waals surface area contributed by atoms with Crippen LogP contribution < -0.4 is 5.32 Å². The Kier molecular flexibility index (Phi) is 58.7. The summed E-state index contributed by atoms with van der Waals surface area (Å²) in [6.45, 7) is 3.83. The minimum atomic E-state index is -1.56. The van der Waals surface area contributed by atoms with E-state index in [1.165, 1.54) is 321 Å². The van der Waals surface area contributed by atoms with Crippen LogP contribution >= 0.6 is 0 Å². The Hall–Kier alpha value is -1.07. The van der Waals surface area contributed by atoms with E-state index in [2.05, 4.69) is 19.2 Å². The fraction of sp³-hybridized carbons (Fsp3) is 0.958. The van der Waals surface area contributed by atoms with Crippen LogP contribution in [0, 0.1) is 0 Å². The zero-order chi connectivity index (χ0) is 57.9. The maximum atomic E-state index is 13.1. The highest BCUT2D eigenvalue weighted by molar-refractivity contribution is 5.76. The van der Waals surface area contributed by atoms with E-state index >= 15 is 0 Å². The molecule has 9 heteroatoms. The number of allylic oxidation sites excluding steroid dienone is 1. The molecule has 476 valence electrons. The van der Waals surface area contributed by atoms with Crippen LogP contribution in [0.4, 0.5) is 0 Å². The smallest absolute Gasteiger partial charge is 0.220 e. The summed E-state index contributed by atoms with van der Waals surface area (Å²) in [5, 5.41) is 54.7. The first-order valence-electron chi connectivity index (χ1n) is 35.9. The zero-order valence-corrected chi connectivity index (χ0v) is 53.4. The van der Waals surface area contributed by atoms with Crippen molar-refractivity contribution in [1.82, 2.24) is 5.32 Å². The van der Waals surface area contributed by atoms with Gasteiger partial charge in [-0.3, -0.25) is 4.79 Å². The first kappa shape index (κ1) is 76.9. The molecule has 7 atom stereocenters. The highest BCUT2D eigenvalue weighted by Crippen LogP contribution is 2.24. The summed E-state index contributed by atoms with van der Waals surface area (Å²) in [7, 11) is 0. The molecular weight excluding hydrogens is 995 g/mol. The maximum absolute atomic E-state index is 13.1. The Morgan fingerprint density at radius 2 is 0.688 bits per heavy atom. The Labute approximate surface area is 496 Å². The fourth-order valence-corrected chi connectivity index (χ4v) is 12.0. The molecule has 1 fully saturated rings. The lowest BCUT2D eigenvalue weighted by molar-refractivity contribution is -0.302. The normalized spacial score (nSPS) is 18.4. The summed E-state index contributed by atoms with van der Waals surface area (Å²) < 4.78 is 11.3. The lowest BCUT2D eigenvalue weighted by atomic mass is 9.99. The summed E-state index contributed by atoms with van der Waals surface area (Å²) >= 11 is 0. The number of aliphatic hydroxyl groups is 5. The van der Waals surface area contributed by atoms with Crippen molar-refractivity contribution in [1.29, 1.82) is 0 Å². The maximum Gasteiger partial charge on any atom is 0.220 e. The van der Waals surface area contributed by atoms with Gasteiger partial charge in [0.1, 0.15) is 24.4 Å². The van der Waals surface area contributed by atoms with Gasteiger partial charge >= 0.3 is 0 Å². The van der Waals surface area contributed by atoms with Crippen molar-refractivity contribution in [2.45, 2.75) is 423 Å². The number of nitrogens with one attached hydrogen (secondary N) is 1. The van der Waals surface area contributed by atoms with Crippen LogP contribution in [0.5, 0.6) is 0 Å². The van der Waals surface area contributed by atoms with Gasteiger partial charge in [-0.2, -0.15) is 0 Å². The average Bonchev–Trinajstić information content (AvgIpc) is 3.46. The van der Waals surface area contributed by atoms with E-state index in [9.17, 15) is 30.3 Å². The molecule has 0 spiro atoms. The predicted molar refractivity (Wildman–Crippen MR) is 341 cm³/mol. The molecular formula is C71H139NO8. The van der Waals surface area contributed by atoms with Crippen molar-refractivity contribution >= 4 is 5.91 Å². The van der Waals surface area contributed by atoms with Crippen LogP contribution in [0.25, 0.3) is 0 Å². The Morgan fingerprint density at radius 3 is 0.975 bits per heavy atom. The van der Waals surface area contributed by atoms with Gasteiger partial charge in [0.25, 0.3) is 0 Å². The third kappa shape index (κ3) is 49.2. The van der Waals surface area contributed by atoms with Gasteiger partial charge in [-0.25, -0.2) is 0 Å². The molecule has 1 amide bonds. The molecule has 6 N–H and O–H groups in total. The van der Waals surface area contributed by atoms with E-state index in [1.807, 2.05) is 6.08 Å². The number of hydrogen-bond acceptors (Lipinski definition) is 8. The van der Waals surface area contributed by atoms with Crippen LogP contribution in [-0.4, -0.2) is 87.5 Å². The van der Waals surface area contributed by atoms with Crippen LogP contribution in [0.2, 0.25) is 0 Å². The molecule has 1 saturated heterocycles. The highest BCUT2D eigenvalue weighted by atomic mass is 16.7. The van der Waals surface area contributed by atoms with Crippen molar-refractivity contribution in [3.05, 3.63) is 12.2 Å². The first-order valence-corrected chi connectivity index (χ1v) is 35.9. The number of aliphatic hydroxyl groups excluding tert-OH is 5. The van der Waals surface area contributed by atoms with Gasteiger partial charge in [0.05, 0.1) is 25.4 Å². The molecule has 1 rings (SSSR count). The van der Waals surface area contributed by atoms with E-state index in [0.29, 0.717) is 6.42 Å². The summed E-state index contributed by atoms with van der Waals surface area (Å²) in [5.41, 5.74) is 0. The largest absolute Gasteiger partial charge is 0.394 e. The van der Waals surface area contributed by atoms with Gasteiger partial charge in [0.2, 0.25) is 5.91 Å². The van der Waals surface area contributed by atoms with Crippen molar-refractivity contribution < 1.29 is 39.8 Å². The standard InChI is InChI=1S/C71H139NO8/c1-3-5-7-9-11-13-15-17-19-21-22-23-24-25-26-27-28-29-30-31-32-33-34-35-36-37-38-39-40-41-42-43-45-47-49-51-53-55-57-59-61-67(75)72-64(63-79-71-70(78)69(77)68(76)66(62-73)80-71)65(74)60-58-56-54-52-50-48-46-44-20-18-16-14-12-10-8-6-4-2/h58,60,64-66,68-71,73-74,76-78H,3-57,59,61-63H2,1-2H3,(H,72,75)/b60-58+. The van der Waals surface area contributed by atoms with Crippen molar-refractivity contribution in [3.63, 3.8) is 0 Å². The molecule has 9 nitrogen and oxygen atoms in total. The lowest BCUT2D eigenvalue weighted by Crippen LogP contribution is -2.60. The summed E-state index contributed by atoms with van der Waals surface area (Å²) in [6, 6.07) is -0.801. The summed E-state index contributed by atoms with van der Waals surface area (Å²) in [5.74, 6) is -0.168. The second-order valence-electron chi connectivity index (χ2n) is 25.4. The molecule has 0 aromatic carbocycles. The third-order valence-electron chi connectivity index (χ3n) is 17.6. The zero-order valence-electron chi connectivity index (χ0n) is 53.4. The molecule has 1 aliphatic rings. The monoisotopic (exact) mass is 1130 g/mol. The Morgan fingerprint density at radius 1 is 0.412 bits per heavy atom. The average molecular weight is 1130 g/mol. The molecule has 0 aliphatic carbocycles. The topological polar surface area (TPSA) is 149 Å². The fourth-order valence-electron chi connectivity index (χ4n) is 12.0. The molecule has 0 aromatic heterocycles. The number of amides is 1. The first-order chi connectivity index (χ1) is 39.3. The Balaban J connectivity index is 2.01. The highest BCUT2D eigenvalue weighted by Gasteiger charge is 2.44. The SMILES string of the molecule is CCCCCCCCCCCCCCCCC/C=C/C(O)C(COC1OC(CO)C(O)C(O)C1O)NC(=O)CCCCCCCCCCCCCCCCCCCCCCCCCCCCCCCCCCCCCCCCCC. The summed E-state index contributed by atoms with van der Waals surface area (Å²) in [6.07, 6.45) is 72.1. The molecule has 0 radical (unpaired) electrons. The van der Waals surface area contributed by atoms with E-state index in [1.54, 1.807) is 6.08 Å². The minimum absolute atomic E-state index is 0.168. The van der Waals surface area contributed by atoms with Gasteiger partial charge in [0, 0.05) is 6.42 Å². The van der Waals surface area contributed by atoms with Crippen molar-refractivity contribution in [2.75, 3.05) is 13.2 Å². The molecule has 0 aromatic rings. The van der Waals surface area contributed by atoms with Gasteiger partial charge in [-0.15, -0.1) is 0 Å². The molecule has 0 saturated carbocycles. The molecule has 0 bridgehead atoms. The van der Waals surface area contributed by atoms with Gasteiger partial charge < -0.3 is 40.3 Å². The van der Waals surface area contributed by atoms with E-state index in [0.717, 1.165) is 38.5 Å². The number of carbonyl (C=O) groups is 1. The van der Waals surface area contributed by atoms with Crippen LogP contribution in [0.15, 0.2) is 12.2 Å². The van der Waals surface area contributed by atoms with E-state index < -0.39 is 49.5 Å². The number of carbonyl (C=O) groups excluding carboxylic acids is 1. The van der Waals surface area contributed by atoms with Crippen LogP contribution in [0.1, 0.15) is 380 Å². The quantitative estimate of drug-likeness (QED) is 0.0261. The van der Waals surface area contributed by atoms with Gasteiger partial charge in [0.15, 0.2) is 6.29 Å². The molecule has 1 heterocycles. The third-order valence-corrected chi connectivity index (χ3v) is 17.6. The number of ether oxygens (including phenoxy) is 2. The van der Waals surface area contributed by atoms with Gasteiger partial charge in [-0.1, -0.05) is 366 Å². The molecule has 80 heavy (non-hydrogen) atoms. The molecule has 7 unspecified atom stereocenters. The molecule has 1 aliphatic heterocycles. The van der Waals surface area contributed by atoms with Gasteiger partial charge in [-0.05, 0) is 19.3 Å². The van der Waals surface area contributed by atoms with E-state index in [-0.39, 0.29) is 12.5 Å². The lowest BCUT2D eigenvalue weighted by Gasteiger charge is -2.40. The second kappa shape index (κ2) is 61.0. The van der Waals surface area contributed by atoms with Crippen LogP contribution in [-0.2, 0) is 14.3 Å².